The molecule has 1 aromatic carbocycles. The van der Waals surface area contributed by atoms with Crippen LogP contribution in [0.1, 0.15) is 12.5 Å². The summed E-state index contributed by atoms with van der Waals surface area (Å²) >= 11 is 11.9. The summed E-state index contributed by atoms with van der Waals surface area (Å²) in [5, 5.41) is 4.33. The minimum absolute atomic E-state index is 0.0995. The number of hydrogen-bond donors (Lipinski definition) is 1. The first kappa shape index (κ1) is 13.8. The lowest BCUT2D eigenvalue weighted by molar-refractivity contribution is 0.138. The molecule has 0 heterocycles. The fourth-order valence-electron chi connectivity index (χ4n) is 1.82. The molecule has 1 unspecified atom stereocenters. The van der Waals surface area contributed by atoms with Crippen LogP contribution in [-0.4, -0.2) is 27.3 Å². The SMILES string of the molecule is CNCC(C)(COC)c1ccc(Cl)c(Cl)c1. The van der Waals surface area contributed by atoms with E-state index in [1.165, 1.54) is 0 Å². The Labute approximate surface area is 107 Å². The predicted molar refractivity (Wildman–Crippen MR) is 69.6 cm³/mol. The molecule has 0 bridgehead atoms. The lowest BCUT2D eigenvalue weighted by Crippen LogP contribution is -2.38. The number of benzene rings is 1. The fourth-order valence-corrected chi connectivity index (χ4v) is 2.11. The van der Waals surface area contributed by atoms with E-state index in [1.54, 1.807) is 7.11 Å². The van der Waals surface area contributed by atoms with Crippen molar-refractivity contribution in [2.24, 2.45) is 0 Å². The Morgan fingerprint density at radius 1 is 1.31 bits per heavy atom. The summed E-state index contributed by atoms with van der Waals surface area (Å²) < 4.78 is 5.27. The molecule has 0 spiro atoms. The van der Waals surface area contributed by atoms with Gasteiger partial charge in [0.1, 0.15) is 0 Å². The van der Waals surface area contributed by atoms with Crippen molar-refractivity contribution in [1.82, 2.24) is 5.32 Å². The van der Waals surface area contributed by atoms with E-state index in [0.29, 0.717) is 16.7 Å². The second-order valence-electron chi connectivity index (χ2n) is 4.15. The highest BCUT2D eigenvalue weighted by atomic mass is 35.5. The van der Waals surface area contributed by atoms with E-state index in [-0.39, 0.29) is 5.41 Å². The van der Waals surface area contributed by atoms with E-state index >= 15 is 0 Å². The van der Waals surface area contributed by atoms with Crippen molar-refractivity contribution in [1.29, 1.82) is 0 Å². The molecule has 0 aliphatic rings. The summed E-state index contributed by atoms with van der Waals surface area (Å²) in [6, 6.07) is 5.72. The lowest BCUT2D eigenvalue weighted by Gasteiger charge is -2.29. The molecule has 0 aromatic heterocycles. The third-order valence-corrected chi connectivity index (χ3v) is 3.39. The van der Waals surface area contributed by atoms with Gasteiger partial charge in [-0.2, -0.15) is 0 Å². The molecular formula is C12H17Cl2NO. The molecule has 2 nitrogen and oxygen atoms in total. The summed E-state index contributed by atoms with van der Waals surface area (Å²) in [5.74, 6) is 0. The molecule has 0 saturated heterocycles. The number of ether oxygens (including phenoxy) is 1. The van der Waals surface area contributed by atoms with Crippen molar-refractivity contribution in [3.05, 3.63) is 33.8 Å². The first-order valence-corrected chi connectivity index (χ1v) is 5.88. The molecule has 0 aliphatic carbocycles. The third kappa shape index (κ3) is 3.11. The van der Waals surface area contributed by atoms with Crippen molar-refractivity contribution in [3.63, 3.8) is 0 Å². The van der Waals surface area contributed by atoms with Crippen molar-refractivity contribution in [3.8, 4) is 0 Å². The summed E-state index contributed by atoms with van der Waals surface area (Å²) in [5.41, 5.74) is 1.02. The van der Waals surface area contributed by atoms with Gasteiger partial charge in [-0.25, -0.2) is 0 Å². The topological polar surface area (TPSA) is 21.3 Å². The van der Waals surface area contributed by atoms with Crippen LogP contribution < -0.4 is 5.32 Å². The van der Waals surface area contributed by atoms with Gasteiger partial charge >= 0.3 is 0 Å². The standard InChI is InChI=1S/C12H17Cl2NO/c1-12(7-15-2,8-16-3)9-4-5-10(13)11(14)6-9/h4-6,15H,7-8H2,1-3H3. The molecule has 0 saturated carbocycles. The molecular weight excluding hydrogens is 245 g/mol. The van der Waals surface area contributed by atoms with Gasteiger partial charge in [0.25, 0.3) is 0 Å². The molecule has 16 heavy (non-hydrogen) atoms. The van der Waals surface area contributed by atoms with Gasteiger partial charge in [-0.15, -0.1) is 0 Å². The molecule has 1 N–H and O–H groups in total. The van der Waals surface area contributed by atoms with Gasteiger partial charge in [-0.3, -0.25) is 0 Å². The maximum atomic E-state index is 6.03. The van der Waals surface area contributed by atoms with Crippen LogP contribution in [0.25, 0.3) is 0 Å². The molecule has 0 radical (unpaired) electrons. The average molecular weight is 262 g/mol. The maximum absolute atomic E-state index is 6.03. The van der Waals surface area contributed by atoms with E-state index in [1.807, 2.05) is 25.2 Å². The summed E-state index contributed by atoms with van der Waals surface area (Å²) in [7, 11) is 3.62. The predicted octanol–water partition coefficient (Wildman–Crippen LogP) is 3.12. The molecule has 1 aromatic rings. The van der Waals surface area contributed by atoms with E-state index in [4.69, 9.17) is 27.9 Å². The van der Waals surface area contributed by atoms with Crippen LogP contribution in [0.5, 0.6) is 0 Å². The Kier molecular flexibility index (Phi) is 5.06. The van der Waals surface area contributed by atoms with Gasteiger partial charge in [0.15, 0.2) is 0 Å². The summed E-state index contributed by atoms with van der Waals surface area (Å²) in [6.45, 7) is 3.58. The van der Waals surface area contributed by atoms with E-state index in [2.05, 4.69) is 12.2 Å². The smallest absolute Gasteiger partial charge is 0.0595 e. The van der Waals surface area contributed by atoms with Crippen LogP contribution in [0, 0.1) is 0 Å². The van der Waals surface area contributed by atoms with Gasteiger partial charge in [-0.1, -0.05) is 36.2 Å². The Hall–Kier alpha value is -0.280. The fraction of sp³-hybridized carbons (Fsp3) is 0.500. The highest BCUT2D eigenvalue weighted by Gasteiger charge is 2.26. The number of rotatable bonds is 5. The van der Waals surface area contributed by atoms with Crippen LogP contribution in [0.15, 0.2) is 18.2 Å². The normalized spacial score (nSPS) is 14.8. The molecule has 0 aliphatic heterocycles. The first-order chi connectivity index (χ1) is 7.53. The van der Waals surface area contributed by atoms with Crippen molar-refractivity contribution >= 4 is 23.2 Å². The van der Waals surface area contributed by atoms with Crippen LogP contribution in [-0.2, 0) is 10.2 Å². The third-order valence-electron chi connectivity index (χ3n) is 2.65. The van der Waals surface area contributed by atoms with E-state index < -0.39 is 0 Å². The zero-order valence-electron chi connectivity index (χ0n) is 9.81. The summed E-state index contributed by atoms with van der Waals surface area (Å²) in [4.78, 5) is 0. The van der Waals surface area contributed by atoms with Crippen LogP contribution in [0.3, 0.4) is 0 Å². The largest absolute Gasteiger partial charge is 0.384 e. The second kappa shape index (κ2) is 5.87. The van der Waals surface area contributed by atoms with Gasteiger partial charge in [0, 0.05) is 19.1 Å². The van der Waals surface area contributed by atoms with E-state index in [0.717, 1.165) is 12.1 Å². The van der Waals surface area contributed by atoms with E-state index in [9.17, 15) is 0 Å². The second-order valence-corrected chi connectivity index (χ2v) is 4.97. The Balaban J connectivity index is 3.05. The van der Waals surface area contributed by atoms with Gasteiger partial charge < -0.3 is 10.1 Å². The minimum atomic E-state index is -0.0995. The van der Waals surface area contributed by atoms with Crippen molar-refractivity contribution in [2.45, 2.75) is 12.3 Å². The Bertz CT molecular complexity index is 349. The minimum Gasteiger partial charge on any atom is -0.384 e. The maximum Gasteiger partial charge on any atom is 0.0595 e. The zero-order chi connectivity index (χ0) is 12.2. The molecule has 1 atom stereocenters. The highest BCUT2D eigenvalue weighted by molar-refractivity contribution is 6.42. The number of likely N-dealkylation sites (N-methyl/N-ethyl adjacent to an activating group) is 1. The monoisotopic (exact) mass is 261 g/mol. The Morgan fingerprint density at radius 2 is 2.00 bits per heavy atom. The van der Waals surface area contributed by atoms with Crippen LogP contribution in [0.4, 0.5) is 0 Å². The highest BCUT2D eigenvalue weighted by Crippen LogP contribution is 2.30. The van der Waals surface area contributed by atoms with Crippen molar-refractivity contribution in [2.75, 3.05) is 27.3 Å². The van der Waals surface area contributed by atoms with Crippen LogP contribution in [0.2, 0.25) is 10.0 Å². The molecule has 1 rings (SSSR count). The number of halogens is 2. The van der Waals surface area contributed by atoms with Crippen molar-refractivity contribution < 1.29 is 4.74 Å². The number of hydrogen-bond acceptors (Lipinski definition) is 2. The van der Waals surface area contributed by atoms with Gasteiger partial charge in [0.05, 0.1) is 16.7 Å². The number of methoxy groups -OCH3 is 1. The molecule has 90 valence electrons. The number of nitrogens with one attached hydrogen (secondary N) is 1. The van der Waals surface area contributed by atoms with Gasteiger partial charge in [-0.05, 0) is 24.7 Å². The quantitative estimate of drug-likeness (QED) is 0.880. The Morgan fingerprint density at radius 3 is 2.50 bits per heavy atom. The zero-order valence-corrected chi connectivity index (χ0v) is 11.3. The lowest BCUT2D eigenvalue weighted by atomic mass is 9.83. The van der Waals surface area contributed by atoms with Crippen LogP contribution >= 0.6 is 23.2 Å². The molecule has 4 heteroatoms. The van der Waals surface area contributed by atoms with Gasteiger partial charge in [0.2, 0.25) is 0 Å². The summed E-state index contributed by atoms with van der Waals surface area (Å²) in [6.07, 6.45) is 0. The first-order valence-electron chi connectivity index (χ1n) is 5.12. The molecule has 0 amide bonds. The molecule has 0 fully saturated rings. The average Bonchev–Trinajstić information content (AvgIpc) is 2.22.